The molecule has 0 unspecified atom stereocenters. The molecule has 0 aromatic heterocycles. The second kappa shape index (κ2) is 8.76. The molecule has 1 atom stereocenters. The number of hydrogen-bond donors (Lipinski definition) is 0. The monoisotopic (exact) mass is 333 g/mol. The van der Waals surface area contributed by atoms with Crippen LogP contribution in [0.2, 0.25) is 0 Å². The summed E-state index contributed by atoms with van der Waals surface area (Å²) in [5.74, 6) is 2.13. The maximum Gasteiger partial charge on any atom is 0.203 e. The molecule has 1 fully saturated rings. The standard InChI is InChI=1S/C18H27N3O3/c1-14(11-19)12-20-7-9-21(10-8-20)13-15-5-6-16(22-2)18(24-4)17(15)23-3/h5-6,14H,7-10,12-13H2,1-4H3/t14-/m1/s1. The van der Waals surface area contributed by atoms with Crippen molar-refractivity contribution in [1.82, 2.24) is 9.80 Å². The van der Waals surface area contributed by atoms with Gasteiger partial charge in [-0.25, -0.2) is 0 Å². The van der Waals surface area contributed by atoms with Crippen LogP contribution in [0.4, 0.5) is 0 Å². The lowest BCUT2D eigenvalue weighted by atomic mass is 10.1. The van der Waals surface area contributed by atoms with Crippen LogP contribution < -0.4 is 14.2 Å². The summed E-state index contributed by atoms with van der Waals surface area (Å²) in [6.07, 6.45) is 0. The SMILES string of the molecule is COc1ccc(CN2CCN(C[C@H](C)C#N)CC2)c(OC)c1OC. The van der Waals surface area contributed by atoms with Crippen LogP contribution in [0.1, 0.15) is 12.5 Å². The molecular weight excluding hydrogens is 306 g/mol. The minimum atomic E-state index is 0.0856. The minimum Gasteiger partial charge on any atom is -0.493 e. The number of nitrogens with zero attached hydrogens (tertiary/aromatic N) is 3. The van der Waals surface area contributed by atoms with Crippen molar-refractivity contribution in [3.8, 4) is 23.3 Å². The molecule has 0 amide bonds. The number of ether oxygens (including phenoxy) is 3. The van der Waals surface area contributed by atoms with Crippen molar-refractivity contribution in [3.63, 3.8) is 0 Å². The molecule has 1 heterocycles. The van der Waals surface area contributed by atoms with Crippen molar-refractivity contribution in [3.05, 3.63) is 17.7 Å². The van der Waals surface area contributed by atoms with Crippen LogP contribution in [-0.2, 0) is 6.54 Å². The highest BCUT2D eigenvalue weighted by atomic mass is 16.5. The third kappa shape index (κ3) is 4.31. The van der Waals surface area contributed by atoms with Crippen molar-refractivity contribution >= 4 is 0 Å². The van der Waals surface area contributed by atoms with Crippen molar-refractivity contribution in [2.24, 2.45) is 5.92 Å². The third-order valence-corrected chi connectivity index (χ3v) is 4.40. The lowest BCUT2D eigenvalue weighted by Gasteiger charge is -2.35. The van der Waals surface area contributed by atoms with E-state index in [0.717, 1.165) is 50.6 Å². The first-order valence-corrected chi connectivity index (χ1v) is 8.25. The van der Waals surface area contributed by atoms with Crippen LogP contribution in [-0.4, -0.2) is 63.9 Å². The summed E-state index contributed by atoms with van der Waals surface area (Å²) in [7, 11) is 4.90. The second-order valence-corrected chi connectivity index (χ2v) is 6.10. The van der Waals surface area contributed by atoms with E-state index in [2.05, 4.69) is 15.9 Å². The Morgan fingerprint density at radius 2 is 1.62 bits per heavy atom. The average molecular weight is 333 g/mol. The summed E-state index contributed by atoms with van der Waals surface area (Å²) in [6, 6.07) is 6.25. The summed E-state index contributed by atoms with van der Waals surface area (Å²) in [6.45, 7) is 7.57. The zero-order chi connectivity index (χ0) is 17.5. The highest BCUT2D eigenvalue weighted by molar-refractivity contribution is 5.55. The molecule has 2 rings (SSSR count). The van der Waals surface area contributed by atoms with Gasteiger partial charge in [0.25, 0.3) is 0 Å². The average Bonchev–Trinajstić information content (AvgIpc) is 2.62. The Morgan fingerprint density at radius 3 is 2.17 bits per heavy atom. The molecule has 0 N–H and O–H groups in total. The molecule has 0 bridgehead atoms. The van der Waals surface area contributed by atoms with Crippen molar-refractivity contribution in [1.29, 1.82) is 5.26 Å². The first kappa shape index (κ1) is 18.4. The fourth-order valence-corrected chi connectivity index (χ4v) is 3.09. The highest BCUT2D eigenvalue weighted by Crippen LogP contribution is 2.40. The Kier molecular flexibility index (Phi) is 6.71. The molecule has 1 aromatic rings. The molecule has 1 saturated heterocycles. The lowest BCUT2D eigenvalue weighted by Crippen LogP contribution is -2.47. The van der Waals surface area contributed by atoms with Gasteiger partial charge in [0.1, 0.15) is 0 Å². The van der Waals surface area contributed by atoms with Gasteiger partial charge in [0.2, 0.25) is 5.75 Å². The van der Waals surface area contributed by atoms with Gasteiger partial charge >= 0.3 is 0 Å². The van der Waals surface area contributed by atoms with Gasteiger partial charge in [-0.15, -0.1) is 0 Å². The van der Waals surface area contributed by atoms with E-state index >= 15 is 0 Å². The molecule has 0 aliphatic carbocycles. The fraction of sp³-hybridized carbons (Fsp3) is 0.611. The van der Waals surface area contributed by atoms with Crippen LogP contribution in [0.5, 0.6) is 17.2 Å². The number of rotatable bonds is 7. The van der Waals surface area contributed by atoms with E-state index in [0.29, 0.717) is 11.5 Å². The molecule has 0 radical (unpaired) electrons. The van der Waals surface area contributed by atoms with Crippen molar-refractivity contribution in [2.75, 3.05) is 54.1 Å². The van der Waals surface area contributed by atoms with Gasteiger partial charge < -0.3 is 14.2 Å². The van der Waals surface area contributed by atoms with Crippen LogP contribution in [0.3, 0.4) is 0 Å². The Morgan fingerprint density at radius 1 is 1.00 bits per heavy atom. The smallest absolute Gasteiger partial charge is 0.203 e. The van der Waals surface area contributed by atoms with E-state index in [1.54, 1.807) is 21.3 Å². The summed E-state index contributed by atoms with van der Waals surface area (Å²) >= 11 is 0. The molecule has 132 valence electrons. The highest BCUT2D eigenvalue weighted by Gasteiger charge is 2.21. The number of hydrogen-bond acceptors (Lipinski definition) is 6. The van der Waals surface area contributed by atoms with E-state index in [1.807, 2.05) is 19.1 Å². The van der Waals surface area contributed by atoms with Gasteiger partial charge in [-0.1, -0.05) is 6.07 Å². The Bertz CT molecular complexity index is 578. The number of benzene rings is 1. The van der Waals surface area contributed by atoms with Gasteiger partial charge in [-0.3, -0.25) is 9.80 Å². The normalized spacial score (nSPS) is 17.1. The maximum atomic E-state index is 8.94. The zero-order valence-electron chi connectivity index (χ0n) is 15.0. The van der Waals surface area contributed by atoms with Crippen LogP contribution in [0.15, 0.2) is 12.1 Å². The van der Waals surface area contributed by atoms with E-state index in [-0.39, 0.29) is 5.92 Å². The van der Waals surface area contributed by atoms with Crippen molar-refractivity contribution < 1.29 is 14.2 Å². The van der Waals surface area contributed by atoms with Crippen LogP contribution >= 0.6 is 0 Å². The quantitative estimate of drug-likeness (QED) is 0.760. The predicted octanol–water partition coefficient (Wildman–Crippen LogP) is 1.99. The summed E-state index contributed by atoms with van der Waals surface area (Å²) in [5, 5.41) is 8.94. The molecule has 0 spiro atoms. The summed E-state index contributed by atoms with van der Waals surface area (Å²) in [4.78, 5) is 4.76. The molecule has 6 nitrogen and oxygen atoms in total. The molecule has 1 aliphatic heterocycles. The predicted molar refractivity (Wildman–Crippen MR) is 92.6 cm³/mol. The van der Waals surface area contributed by atoms with Gasteiger partial charge in [0.15, 0.2) is 11.5 Å². The van der Waals surface area contributed by atoms with E-state index < -0.39 is 0 Å². The molecule has 1 aromatic carbocycles. The van der Waals surface area contributed by atoms with E-state index in [9.17, 15) is 0 Å². The minimum absolute atomic E-state index is 0.0856. The summed E-state index contributed by atoms with van der Waals surface area (Å²) in [5.41, 5.74) is 1.09. The number of nitriles is 1. The number of methoxy groups -OCH3 is 3. The molecular formula is C18H27N3O3. The fourth-order valence-electron chi connectivity index (χ4n) is 3.09. The van der Waals surface area contributed by atoms with E-state index in [1.165, 1.54) is 0 Å². The van der Waals surface area contributed by atoms with Gasteiger partial charge in [-0.2, -0.15) is 5.26 Å². The molecule has 24 heavy (non-hydrogen) atoms. The number of piperazine rings is 1. The first-order valence-electron chi connectivity index (χ1n) is 8.25. The first-order chi connectivity index (χ1) is 11.6. The second-order valence-electron chi connectivity index (χ2n) is 6.10. The van der Waals surface area contributed by atoms with Crippen LogP contribution in [0.25, 0.3) is 0 Å². The molecule has 1 aliphatic rings. The lowest BCUT2D eigenvalue weighted by molar-refractivity contribution is 0.120. The molecule has 6 heteroatoms. The topological polar surface area (TPSA) is 58.0 Å². The Labute approximate surface area is 144 Å². The third-order valence-electron chi connectivity index (χ3n) is 4.40. The summed E-state index contributed by atoms with van der Waals surface area (Å²) < 4.78 is 16.3. The Balaban J connectivity index is 2.01. The van der Waals surface area contributed by atoms with Gasteiger partial charge in [0, 0.05) is 44.8 Å². The Hall–Kier alpha value is -1.97. The molecule has 0 saturated carbocycles. The maximum absolute atomic E-state index is 8.94. The largest absolute Gasteiger partial charge is 0.493 e. The van der Waals surface area contributed by atoms with Gasteiger partial charge in [0.05, 0.1) is 33.3 Å². The van der Waals surface area contributed by atoms with Gasteiger partial charge in [-0.05, 0) is 13.0 Å². The van der Waals surface area contributed by atoms with E-state index in [4.69, 9.17) is 19.5 Å². The van der Waals surface area contributed by atoms with Crippen LogP contribution in [0, 0.1) is 17.2 Å². The zero-order valence-corrected chi connectivity index (χ0v) is 15.0. The van der Waals surface area contributed by atoms with Crippen molar-refractivity contribution in [2.45, 2.75) is 13.5 Å².